The maximum Gasteiger partial charge on any atom is 0.317 e. The molecule has 0 radical (unpaired) electrons. The molecule has 2 heterocycles. The van der Waals surface area contributed by atoms with Crippen LogP contribution in [-0.2, 0) is 24.3 Å². The molecule has 0 atom stereocenters. The Bertz CT molecular complexity index is 888. The highest BCUT2D eigenvalue weighted by atomic mass is 16.2. The number of amides is 3. The summed E-state index contributed by atoms with van der Waals surface area (Å²) < 4.78 is 0. The third kappa shape index (κ3) is 4.53. The molecule has 0 saturated carbocycles. The summed E-state index contributed by atoms with van der Waals surface area (Å²) in [5.41, 5.74) is 5.44. The van der Waals surface area contributed by atoms with Crippen LogP contribution in [0.25, 0.3) is 0 Å². The van der Waals surface area contributed by atoms with Crippen molar-refractivity contribution in [2.24, 2.45) is 0 Å². The minimum absolute atomic E-state index is 0.0517. The summed E-state index contributed by atoms with van der Waals surface area (Å²) in [6.45, 7) is 5.51. The number of urea groups is 1. The number of benzene rings is 2. The van der Waals surface area contributed by atoms with Crippen LogP contribution in [0.15, 0.2) is 42.5 Å². The fourth-order valence-corrected chi connectivity index (χ4v) is 4.18. The van der Waals surface area contributed by atoms with E-state index in [1.54, 1.807) is 0 Å². The van der Waals surface area contributed by atoms with Crippen LogP contribution < -0.4 is 15.5 Å². The van der Waals surface area contributed by atoms with Gasteiger partial charge in [-0.2, -0.15) is 0 Å². The number of hydrogen-bond donors (Lipinski definition) is 2. The SMILES string of the molecule is CC(=O)Nc1cccc2c1CCN(C(=O)NCc1ccc(N3CCCC3)cc1)C2. The fraction of sp³-hybridized carbons (Fsp3) is 0.391. The molecule has 2 aliphatic heterocycles. The van der Waals surface area contributed by atoms with E-state index in [2.05, 4.69) is 39.8 Å². The first-order chi connectivity index (χ1) is 14.1. The van der Waals surface area contributed by atoms with Crippen molar-refractivity contribution >= 4 is 23.3 Å². The maximum atomic E-state index is 12.7. The van der Waals surface area contributed by atoms with Crippen LogP contribution in [0.4, 0.5) is 16.2 Å². The lowest BCUT2D eigenvalue weighted by molar-refractivity contribution is -0.114. The van der Waals surface area contributed by atoms with E-state index < -0.39 is 0 Å². The van der Waals surface area contributed by atoms with E-state index in [0.717, 1.165) is 41.9 Å². The molecular weight excluding hydrogens is 364 g/mol. The standard InChI is InChI=1S/C23H28N4O2/c1-17(28)25-22-6-4-5-19-16-27(14-11-21(19)22)23(29)24-15-18-7-9-20(10-8-18)26-12-2-3-13-26/h4-10H,2-3,11-16H2,1H3,(H,24,29)(H,25,28). The van der Waals surface area contributed by atoms with Crippen LogP contribution in [0, 0.1) is 0 Å². The Morgan fingerprint density at radius 2 is 1.76 bits per heavy atom. The molecule has 6 heteroatoms. The first-order valence-corrected chi connectivity index (χ1v) is 10.3. The van der Waals surface area contributed by atoms with Crippen molar-refractivity contribution in [3.8, 4) is 0 Å². The van der Waals surface area contributed by atoms with Gasteiger partial charge >= 0.3 is 6.03 Å². The number of nitrogens with one attached hydrogen (secondary N) is 2. The van der Waals surface area contributed by atoms with Crippen molar-refractivity contribution in [1.29, 1.82) is 0 Å². The highest BCUT2D eigenvalue weighted by Crippen LogP contribution is 2.26. The topological polar surface area (TPSA) is 64.7 Å². The van der Waals surface area contributed by atoms with Crippen molar-refractivity contribution in [1.82, 2.24) is 10.2 Å². The Balaban J connectivity index is 1.33. The molecule has 0 spiro atoms. The predicted octanol–water partition coefficient (Wildman–Crippen LogP) is 3.51. The van der Waals surface area contributed by atoms with Gasteiger partial charge in [0, 0.05) is 51.0 Å². The van der Waals surface area contributed by atoms with Crippen LogP contribution in [0.1, 0.15) is 36.5 Å². The fourth-order valence-electron chi connectivity index (χ4n) is 4.18. The molecule has 152 valence electrons. The quantitative estimate of drug-likeness (QED) is 0.837. The molecule has 0 unspecified atom stereocenters. The third-order valence-electron chi connectivity index (χ3n) is 5.72. The summed E-state index contributed by atoms with van der Waals surface area (Å²) in [5.74, 6) is -0.0747. The molecule has 2 aromatic rings. The minimum atomic E-state index is -0.0747. The largest absolute Gasteiger partial charge is 0.372 e. The lowest BCUT2D eigenvalue weighted by Gasteiger charge is -2.30. The van der Waals surface area contributed by atoms with Gasteiger partial charge in [-0.3, -0.25) is 4.79 Å². The number of carbonyl (C=O) groups excluding carboxylic acids is 2. The summed E-state index contributed by atoms with van der Waals surface area (Å²) in [6, 6.07) is 14.3. The predicted molar refractivity (Wildman–Crippen MR) is 115 cm³/mol. The van der Waals surface area contributed by atoms with Gasteiger partial charge in [0.1, 0.15) is 0 Å². The van der Waals surface area contributed by atoms with E-state index in [0.29, 0.717) is 19.6 Å². The summed E-state index contributed by atoms with van der Waals surface area (Å²) in [4.78, 5) is 28.3. The highest BCUT2D eigenvalue weighted by molar-refractivity contribution is 5.90. The van der Waals surface area contributed by atoms with E-state index in [9.17, 15) is 9.59 Å². The summed E-state index contributed by atoms with van der Waals surface area (Å²) in [7, 11) is 0. The molecule has 0 bridgehead atoms. The van der Waals surface area contributed by atoms with E-state index in [1.807, 2.05) is 23.1 Å². The molecule has 3 amide bonds. The molecule has 1 saturated heterocycles. The van der Waals surface area contributed by atoms with Gasteiger partial charge in [-0.05, 0) is 54.2 Å². The average Bonchev–Trinajstić information content (AvgIpc) is 3.27. The number of hydrogen-bond acceptors (Lipinski definition) is 3. The zero-order chi connectivity index (χ0) is 20.2. The Hall–Kier alpha value is -3.02. The van der Waals surface area contributed by atoms with Crippen molar-refractivity contribution in [3.05, 3.63) is 59.2 Å². The van der Waals surface area contributed by atoms with Crippen LogP contribution in [0.5, 0.6) is 0 Å². The molecule has 1 fully saturated rings. The third-order valence-corrected chi connectivity index (χ3v) is 5.72. The van der Waals surface area contributed by atoms with Crippen LogP contribution in [0.2, 0.25) is 0 Å². The van der Waals surface area contributed by atoms with Gasteiger partial charge in [0.2, 0.25) is 5.91 Å². The number of carbonyl (C=O) groups is 2. The molecule has 0 aromatic heterocycles. The average molecular weight is 393 g/mol. The second-order valence-electron chi connectivity index (χ2n) is 7.82. The van der Waals surface area contributed by atoms with Gasteiger partial charge in [-0.15, -0.1) is 0 Å². The lowest BCUT2D eigenvalue weighted by Crippen LogP contribution is -2.42. The van der Waals surface area contributed by atoms with E-state index in [1.165, 1.54) is 25.5 Å². The van der Waals surface area contributed by atoms with Gasteiger partial charge in [-0.25, -0.2) is 4.79 Å². The normalized spacial score (nSPS) is 15.8. The molecule has 2 aliphatic rings. The van der Waals surface area contributed by atoms with Gasteiger partial charge in [0.05, 0.1) is 0 Å². The zero-order valence-corrected chi connectivity index (χ0v) is 16.9. The Kier molecular flexibility index (Phi) is 5.69. The van der Waals surface area contributed by atoms with Gasteiger partial charge in [-0.1, -0.05) is 24.3 Å². The van der Waals surface area contributed by atoms with Gasteiger partial charge < -0.3 is 20.4 Å². The number of fused-ring (bicyclic) bond motifs is 1. The smallest absolute Gasteiger partial charge is 0.317 e. The highest BCUT2D eigenvalue weighted by Gasteiger charge is 2.22. The van der Waals surface area contributed by atoms with E-state index in [4.69, 9.17) is 0 Å². The number of rotatable bonds is 4. The summed E-state index contributed by atoms with van der Waals surface area (Å²) in [6.07, 6.45) is 3.27. The monoisotopic (exact) mass is 392 g/mol. The summed E-state index contributed by atoms with van der Waals surface area (Å²) >= 11 is 0. The molecule has 4 rings (SSSR count). The van der Waals surface area contributed by atoms with Gasteiger partial charge in [0.15, 0.2) is 0 Å². The Labute approximate surface area is 171 Å². The maximum absolute atomic E-state index is 12.7. The minimum Gasteiger partial charge on any atom is -0.372 e. The van der Waals surface area contributed by atoms with Crippen molar-refractivity contribution in [2.45, 2.75) is 39.3 Å². The number of anilines is 2. The zero-order valence-electron chi connectivity index (χ0n) is 16.9. The second kappa shape index (κ2) is 8.55. The molecule has 2 N–H and O–H groups in total. The first kappa shape index (κ1) is 19.3. The molecule has 2 aromatic carbocycles. The van der Waals surface area contributed by atoms with E-state index in [-0.39, 0.29) is 11.9 Å². The van der Waals surface area contributed by atoms with Crippen molar-refractivity contribution in [2.75, 3.05) is 29.9 Å². The number of nitrogens with zero attached hydrogens (tertiary/aromatic N) is 2. The van der Waals surface area contributed by atoms with E-state index >= 15 is 0 Å². The Morgan fingerprint density at radius 1 is 1.00 bits per heavy atom. The molecule has 29 heavy (non-hydrogen) atoms. The van der Waals surface area contributed by atoms with Crippen LogP contribution >= 0.6 is 0 Å². The Morgan fingerprint density at radius 3 is 2.48 bits per heavy atom. The summed E-state index contributed by atoms with van der Waals surface area (Å²) in [5, 5.41) is 5.93. The second-order valence-corrected chi connectivity index (χ2v) is 7.82. The molecule has 6 nitrogen and oxygen atoms in total. The molecule has 0 aliphatic carbocycles. The lowest BCUT2D eigenvalue weighted by atomic mass is 9.98. The van der Waals surface area contributed by atoms with Crippen LogP contribution in [-0.4, -0.2) is 36.5 Å². The van der Waals surface area contributed by atoms with Crippen LogP contribution in [0.3, 0.4) is 0 Å². The van der Waals surface area contributed by atoms with Crippen molar-refractivity contribution < 1.29 is 9.59 Å². The van der Waals surface area contributed by atoms with Crippen molar-refractivity contribution in [3.63, 3.8) is 0 Å². The first-order valence-electron chi connectivity index (χ1n) is 10.3. The van der Waals surface area contributed by atoms with Gasteiger partial charge in [0.25, 0.3) is 0 Å². The molecular formula is C23H28N4O2.